The molecule has 9 heteroatoms. The minimum atomic E-state index is -3.34. The van der Waals surface area contributed by atoms with Gasteiger partial charge in [-0.2, -0.15) is 0 Å². The van der Waals surface area contributed by atoms with Gasteiger partial charge in [-0.05, 0) is 18.2 Å². The van der Waals surface area contributed by atoms with Crippen molar-refractivity contribution in [1.82, 2.24) is 5.32 Å². The van der Waals surface area contributed by atoms with E-state index in [-0.39, 0.29) is 30.8 Å². The van der Waals surface area contributed by atoms with Crippen LogP contribution in [0.3, 0.4) is 0 Å². The van der Waals surface area contributed by atoms with E-state index in [2.05, 4.69) is 15.4 Å². The topological polar surface area (TPSA) is 96.5 Å². The van der Waals surface area contributed by atoms with Crippen LogP contribution in [0.4, 0.5) is 11.4 Å². The van der Waals surface area contributed by atoms with Crippen LogP contribution in [0.25, 0.3) is 0 Å². The zero-order chi connectivity index (χ0) is 15.3. The predicted octanol–water partition coefficient (Wildman–Crippen LogP) is 0.797. The highest BCUT2D eigenvalue weighted by molar-refractivity contribution is 7.92. The Kier molecular flexibility index (Phi) is 7.08. The minimum absolute atomic E-state index is 0. The Bertz CT molecular complexity index is 603. The van der Waals surface area contributed by atoms with Crippen LogP contribution in [0.2, 0.25) is 0 Å². The van der Waals surface area contributed by atoms with E-state index in [4.69, 9.17) is 4.74 Å². The van der Waals surface area contributed by atoms with Gasteiger partial charge in [0, 0.05) is 18.8 Å². The third-order valence-electron chi connectivity index (χ3n) is 2.87. The van der Waals surface area contributed by atoms with E-state index in [0.717, 1.165) is 12.8 Å². The average molecular weight is 350 g/mol. The molecule has 1 aliphatic heterocycles. The van der Waals surface area contributed by atoms with Gasteiger partial charge in [0.15, 0.2) is 0 Å². The Morgan fingerprint density at radius 1 is 1.41 bits per heavy atom. The Morgan fingerprint density at radius 2 is 2.14 bits per heavy atom. The molecule has 22 heavy (non-hydrogen) atoms. The monoisotopic (exact) mass is 349 g/mol. The summed E-state index contributed by atoms with van der Waals surface area (Å²) >= 11 is 0. The van der Waals surface area contributed by atoms with Crippen LogP contribution in [0.5, 0.6) is 0 Å². The molecule has 0 bridgehead atoms. The summed E-state index contributed by atoms with van der Waals surface area (Å²) in [6.07, 6.45) is 1.21. The number of hydrogen-bond acceptors (Lipinski definition) is 5. The van der Waals surface area contributed by atoms with Crippen molar-refractivity contribution in [3.8, 4) is 0 Å². The molecule has 1 fully saturated rings. The molecule has 1 unspecified atom stereocenters. The molecular weight excluding hydrogens is 330 g/mol. The maximum absolute atomic E-state index is 11.9. The third kappa shape index (κ3) is 6.61. The Hall–Kier alpha value is -1.35. The zero-order valence-electron chi connectivity index (χ0n) is 12.2. The van der Waals surface area contributed by atoms with Crippen LogP contribution < -0.4 is 15.4 Å². The lowest BCUT2D eigenvalue weighted by atomic mass is 10.2. The second kappa shape index (κ2) is 8.33. The van der Waals surface area contributed by atoms with Crippen molar-refractivity contribution < 1.29 is 17.9 Å². The maximum atomic E-state index is 11.9. The summed E-state index contributed by atoms with van der Waals surface area (Å²) in [5.41, 5.74) is 0.948. The number of halogens is 1. The van der Waals surface area contributed by atoms with Gasteiger partial charge in [0.05, 0.1) is 31.1 Å². The molecule has 1 heterocycles. The second-order valence-corrected chi connectivity index (χ2v) is 6.65. The quantitative estimate of drug-likeness (QED) is 0.730. The predicted molar refractivity (Wildman–Crippen MR) is 88.0 cm³/mol. The highest BCUT2D eigenvalue weighted by Gasteiger charge is 2.17. The smallest absolute Gasteiger partial charge is 0.229 e. The molecule has 3 N–H and O–H groups in total. The van der Waals surface area contributed by atoms with E-state index in [1.807, 2.05) is 0 Å². The van der Waals surface area contributed by atoms with Gasteiger partial charge in [0.25, 0.3) is 0 Å². The van der Waals surface area contributed by atoms with Gasteiger partial charge in [0.2, 0.25) is 15.9 Å². The number of benzene rings is 1. The molecule has 1 saturated heterocycles. The van der Waals surface area contributed by atoms with Gasteiger partial charge in [-0.15, -0.1) is 12.4 Å². The highest BCUT2D eigenvalue weighted by Crippen LogP contribution is 2.16. The first-order valence-corrected chi connectivity index (χ1v) is 8.51. The van der Waals surface area contributed by atoms with Crippen molar-refractivity contribution in [2.24, 2.45) is 0 Å². The van der Waals surface area contributed by atoms with E-state index in [0.29, 0.717) is 24.5 Å². The molecule has 124 valence electrons. The van der Waals surface area contributed by atoms with Gasteiger partial charge in [-0.1, -0.05) is 6.07 Å². The van der Waals surface area contributed by atoms with Crippen molar-refractivity contribution in [2.45, 2.75) is 12.5 Å². The van der Waals surface area contributed by atoms with Crippen molar-refractivity contribution in [1.29, 1.82) is 0 Å². The summed E-state index contributed by atoms with van der Waals surface area (Å²) in [6, 6.07) is 6.55. The maximum Gasteiger partial charge on any atom is 0.229 e. The molecule has 1 amide bonds. The Balaban J connectivity index is 0.00000242. The van der Waals surface area contributed by atoms with Crippen molar-refractivity contribution in [2.75, 3.05) is 36.0 Å². The number of anilines is 2. The van der Waals surface area contributed by atoms with Gasteiger partial charge in [-0.3, -0.25) is 9.52 Å². The van der Waals surface area contributed by atoms with E-state index < -0.39 is 10.0 Å². The summed E-state index contributed by atoms with van der Waals surface area (Å²) in [5, 5.41) is 5.89. The van der Waals surface area contributed by atoms with Gasteiger partial charge in [0.1, 0.15) is 0 Å². The van der Waals surface area contributed by atoms with Crippen LogP contribution in [0.1, 0.15) is 6.42 Å². The number of carbonyl (C=O) groups is 1. The first-order chi connectivity index (χ1) is 9.92. The largest absolute Gasteiger partial charge is 0.375 e. The van der Waals surface area contributed by atoms with Crippen LogP contribution in [0.15, 0.2) is 24.3 Å². The summed E-state index contributed by atoms with van der Waals surface area (Å²) in [6.45, 7) is 2.06. The average Bonchev–Trinajstić information content (AvgIpc) is 2.38. The first-order valence-electron chi connectivity index (χ1n) is 6.62. The number of morpholine rings is 1. The van der Waals surface area contributed by atoms with Gasteiger partial charge in [-0.25, -0.2) is 8.42 Å². The molecule has 0 aromatic heterocycles. The third-order valence-corrected chi connectivity index (χ3v) is 3.47. The molecule has 0 radical (unpaired) electrons. The van der Waals surface area contributed by atoms with E-state index in [1.54, 1.807) is 24.3 Å². The molecule has 0 aliphatic carbocycles. The Morgan fingerprint density at radius 3 is 2.77 bits per heavy atom. The lowest BCUT2D eigenvalue weighted by molar-refractivity contribution is -0.119. The molecule has 2 rings (SSSR count). The molecule has 7 nitrogen and oxygen atoms in total. The van der Waals surface area contributed by atoms with Gasteiger partial charge < -0.3 is 15.4 Å². The summed E-state index contributed by atoms with van der Waals surface area (Å²) in [5.74, 6) is -0.166. The van der Waals surface area contributed by atoms with Crippen molar-refractivity contribution in [3.05, 3.63) is 24.3 Å². The molecular formula is C13H20ClN3O4S. The zero-order valence-corrected chi connectivity index (χ0v) is 13.8. The normalized spacial score (nSPS) is 18.1. The van der Waals surface area contributed by atoms with E-state index in [1.165, 1.54) is 0 Å². The SMILES string of the molecule is CS(=O)(=O)Nc1cccc(NC(=O)CC2CNCCO2)c1.Cl. The second-order valence-electron chi connectivity index (χ2n) is 4.90. The fourth-order valence-corrected chi connectivity index (χ4v) is 2.60. The van der Waals surface area contributed by atoms with E-state index >= 15 is 0 Å². The minimum Gasteiger partial charge on any atom is -0.375 e. The lowest BCUT2D eigenvalue weighted by Gasteiger charge is -2.23. The number of hydrogen-bond donors (Lipinski definition) is 3. The summed E-state index contributed by atoms with van der Waals surface area (Å²) in [4.78, 5) is 11.9. The molecule has 1 aromatic carbocycles. The van der Waals surface area contributed by atoms with E-state index in [9.17, 15) is 13.2 Å². The molecule has 1 aromatic rings. The van der Waals surface area contributed by atoms with Crippen molar-refractivity contribution in [3.63, 3.8) is 0 Å². The fraction of sp³-hybridized carbons (Fsp3) is 0.462. The number of rotatable bonds is 5. The highest BCUT2D eigenvalue weighted by atomic mass is 35.5. The lowest BCUT2D eigenvalue weighted by Crippen LogP contribution is -2.40. The Labute approximate surface area is 136 Å². The fourth-order valence-electron chi connectivity index (χ4n) is 2.04. The van der Waals surface area contributed by atoms with Crippen molar-refractivity contribution >= 4 is 39.7 Å². The summed E-state index contributed by atoms with van der Waals surface area (Å²) in [7, 11) is -3.34. The number of carbonyl (C=O) groups excluding carboxylic acids is 1. The molecule has 1 aliphatic rings. The van der Waals surface area contributed by atoms with Crippen LogP contribution >= 0.6 is 12.4 Å². The van der Waals surface area contributed by atoms with Crippen LogP contribution in [-0.4, -0.2) is 46.4 Å². The number of nitrogens with one attached hydrogen (secondary N) is 3. The number of ether oxygens (including phenoxy) is 1. The summed E-state index contributed by atoms with van der Waals surface area (Å²) < 4.78 is 30.2. The van der Waals surface area contributed by atoms with Crippen LogP contribution in [0, 0.1) is 0 Å². The number of sulfonamides is 1. The van der Waals surface area contributed by atoms with Crippen LogP contribution in [-0.2, 0) is 19.6 Å². The standard InChI is InChI=1S/C13H19N3O4S.ClH/c1-21(18,19)16-11-4-2-3-10(7-11)15-13(17)8-12-9-14-5-6-20-12;/h2-4,7,12,14,16H,5-6,8-9H2,1H3,(H,15,17);1H. The number of amides is 1. The molecule has 0 saturated carbocycles. The van der Waals surface area contributed by atoms with Gasteiger partial charge >= 0.3 is 0 Å². The molecule has 0 spiro atoms. The molecule has 1 atom stereocenters. The first kappa shape index (κ1) is 18.7.